The molecule has 3 unspecified atom stereocenters. The second kappa shape index (κ2) is 2.73. The van der Waals surface area contributed by atoms with Crippen LogP contribution >= 0.6 is 0 Å². The van der Waals surface area contributed by atoms with Crippen LogP contribution in [0.2, 0.25) is 0 Å². The van der Waals surface area contributed by atoms with Crippen molar-refractivity contribution in [2.24, 2.45) is 11.8 Å². The standard InChI is InChI=1S/C9H10O3/c10-5-6-1-2-8-7(9(6)11)3-4-12-8/h3-8H,1-2H2. The number of carbonyl (C=O) groups is 2. The number of rotatable bonds is 1. The summed E-state index contributed by atoms with van der Waals surface area (Å²) in [6.07, 6.45) is 5.54. The maximum atomic E-state index is 11.5. The molecule has 1 saturated carbocycles. The van der Waals surface area contributed by atoms with Crippen LogP contribution in [0, 0.1) is 11.8 Å². The molecule has 1 aliphatic heterocycles. The van der Waals surface area contributed by atoms with E-state index >= 15 is 0 Å². The van der Waals surface area contributed by atoms with Gasteiger partial charge in [0.05, 0.1) is 18.1 Å². The summed E-state index contributed by atoms with van der Waals surface area (Å²) in [5.41, 5.74) is 0. The third-order valence-corrected chi connectivity index (χ3v) is 2.56. The molecular formula is C9H10O3. The molecule has 64 valence electrons. The smallest absolute Gasteiger partial charge is 0.153 e. The summed E-state index contributed by atoms with van der Waals surface area (Å²) in [7, 11) is 0. The number of hydrogen-bond acceptors (Lipinski definition) is 3. The van der Waals surface area contributed by atoms with E-state index in [0.29, 0.717) is 6.42 Å². The quantitative estimate of drug-likeness (QED) is 0.425. The predicted molar refractivity (Wildman–Crippen MR) is 41.3 cm³/mol. The molecule has 0 spiro atoms. The average molecular weight is 166 g/mol. The van der Waals surface area contributed by atoms with Crippen LogP contribution in [0.25, 0.3) is 0 Å². The monoisotopic (exact) mass is 166 g/mol. The Labute approximate surface area is 70.4 Å². The molecule has 0 aromatic heterocycles. The van der Waals surface area contributed by atoms with Gasteiger partial charge in [0.25, 0.3) is 0 Å². The molecule has 2 rings (SSSR count). The Morgan fingerprint density at radius 1 is 1.50 bits per heavy atom. The highest BCUT2D eigenvalue weighted by Crippen LogP contribution is 2.31. The Balaban J connectivity index is 2.17. The van der Waals surface area contributed by atoms with Crippen LogP contribution < -0.4 is 0 Å². The van der Waals surface area contributed by atoms with E-state index in [4.69, 9.17) is 4.74 Å². The van der Waals surface area contributed by atoms with Crippen molar-refractivity contribution in [3.63, 3.8) is 0 Å². The molecular weight excluding hydrogens is 156 g/mol. The first-order valence-electron chi connectivity index (χ1n) is 4.14. The van der Waals surface area contributed by atoms with Crippen LogP contribution in [-0.2, 0) is 14.3 Å². The molecule has 1 heterocycles. The third-order valence-electron chi connectivity index (χ3n) is 2.56. The molecule has 0 N–H and O–H groups in total. The van der Waals surface area contributed by atoms with Crippen LogP contribution in [0.15, 0.2) is 12.3 Å². The number of ether oxygens (including phenoxy) is 1. The molecule has 0 aromatic carbocycles. The molecule has 3 nitrogen and oxygen atoms in total. The van der Waals surface area contributed by atoms with Gasteiger partial charge in [0.1, 0.15) is 12.4 Å². The molecule has 1 aliphatic carbocycles. The minimum atomic E-state index is -0.391. The van der Waals surface area contributed by atoms with Crippen molar-refractivity contribution in [1.82, 2.24) is 0 Å². The minimum absolute atomic E-state index is 0.00806. The molecule has 0 radical (unpaired) electrons. The van der Waals surface area contributed by atoms with Gasteiger partial charge in [0.2, 0.25) is 0 Å². The van der Waals surface area contributed by atoms with Gasteiger partial charge in [-0.1, -0.05) is 0 Å². The van der Waals surface area contributed by atoms with Gasteiger partial charge in [0, 0.05) is 0 Å². The van der Waals surface area contributed by atoms with Gasteiger partial charge >= 0.3 is 0 Å². The van der Waals surface area contributed by atoms with Gasteiger partial charge in [-0.25, -0.2) is 0 Å². The first-order chi connectivity index (χ1) is 5.83. The highest BCUT2D eigenvalue weighted by atomic mass is 16.5. The fraction of sp³-hybridized carbons (Fsp3) is 0.556. The van der Waals surface area contributed by atoms with Crippen molar-refractivity contribution in [2.45, 2.75) is 18.9 Å². The highest BCUT2D eigenvalue weighted by Gasteiger charge is 2.39. The summed E-state index contributed by atoms with van der Waals surface area (Å²) in [5.74, 6) is -0.526. The predicted octanol–water partition coefficient (Wildman–Crippen LogP) is 0.693. The molecule has 2 aliphatic rings. The summed E-state index contributed by atoms with van der Waals surface area (Å²) in [4.78, 5) is 21.9. The zero-order chi connectivity index (χ0) is 8.55. The Hall–Kier alpha value is -1.12. The van der Waals surface area contributed by atoms with E-state index in [0.717, 1.165) is 12.7 Å². The Morgan fingerprint density at radius 2 is 2.33 bits per heavy atom. The zero-order valence-corrected chi connectivity index (χ0v) is 6.60. The second-order valence-electron chi connectivity index (χ2n) is 3.25. The van der Waals surface area contributed by atoms with Crippen LogP contribution in [0.1, 0.15) is 12.8 Å². The molecule has 12 heavy (non-hydrogen) atoms. The zero-order valence-electron chi connectivity index (χ0n) is 6.60. The van der Waals surface area contributed by atoms with Gasteiger partial charge in [-0.2, -0.15) is 0 Å². The molecule has 0 bridgehead atoms. The lowest BCUT2D eigenvalue weighted by atomic mass is 9.79. The average Bonchev–Trinajstić information content (AvgIpc) is 2.53. The number of fused-ring (bicyclic) bond motifs is 1. The first kappa shape index (κ1) is 7.53. The van der Waals surface area contributed by atoms with Crippen molar-refractivity contribution in [1.29, 1.82) is 0 Å². The van der Waals surface area contributed by atoms with Crippen molar-refractivity contribution in [2.75, 3.05) is 0 Å². The van der Waals surface area contributed by atoms with E-state index in [1.54, 1.807) is 12.3 Å². The molecule has 0 saturated heterocycles. The van der Waals surface area contributed by atoms with Crippen LogP contribution in [0.3, 0.4) is 0 Å². The van der Waals surface area contributed by atoms with E-state index in [9.17, 15) is 9.59 Å². The highest BCUT2D eigenvalue weighted by molar-refractivity contribution is 5.96. The number of carbonyl (C=O) groups excluding carboxylic acids is 2. The topological polar surface area (TPSA) is 43.4 Å². The lowest BCUT2D eigenvalue weighted by Gasteiger charge is -2.25. The Kier molecular flexibility index (Phi) is 1.71. The SMILES string of the molecule is O=CC1CCC2OC=CC2C1=O. The number of Topliss-reactive ketones (excluding diaryl/α,β-unsaturated/α-hetero) is 1. The summed E-state index contributed by atoms with van der Waals surface area (Å²) >= 11 is 0. The van der Waals surface area contributed by atoms with Crippen molar-refractivity contribution in [3.8, 4) is 0 Å². The third kappa shape index (κ3) is 0.967. The molecule has 3 heteroatoms. The van der Waals surface area contributed by atoms with Gasteiger partial charge in [-0.05, 0) is 18.9 Å². The van der Waals surface area contributed by atoms with Crippen LogP contribution in [0.4, 0.5) is 0 Å². The van der Waals surface area contributed by atoms with Crippen molar-refractivity contribution >= 4 is 12.1 Å². The molecule has 1 fully saturated rings. The van der Waals surface area contributed by atoms with E-state index in [1.165, 1.54) is 0 Å². The number of aldehydes is 1. The number of hydrogen-bond donors (Lipinski definition) is 0. The number of ketones is 1. The lowest BCUT2D eigenvalue weighted by molar-refractivity contribution is -0.134. The van der Waals surface area contributed by atoms with Crippen LogP contribution in [-0.4, -0.2) is 18.2 Å². The van der Waals surface area contributed by atoms with E-state index in [2.05, 4.69) is 0 Å². The van der Waals surface area contributed by atoms with Gasteiger partial charge < -0.3 is 9.53 Å². The summed E-state index contributed by atoms with van der Waals surface area (Å²) < 4.78 is 5.20. The fourth-order valence-corrected chi connectivity index (χ4v) is 1.83. The molecule has 3 atom stereocenters. The second-order valence-corrected chi connectivity index (χ2v) is 3.25. The van der Waals surface area contributed by atoms with Gasteiger partial charge in [-0.15, -0.1) is 0 Å². The largest absolute Gasteiger partial charge is 0.497 e. The van der Waals surface area contributed by atoms with Gasteiger partial charge in [-0.3, -0.25) is 4.79 Å². The van der Waals surface area contributed by atoms with E-state index in [-0.39, 0.29) is 17.8 Å². The Morgan fingerprint density at radius 3 is 3.08 bits per heavy atom. The molecule has 0 aromatic rings. The summed E-state index contributed by atoms with van der Waals surface area (Å²) in [5, 5.41) is 0. The minimum Gasteiger partial charge on any atom is -0.497 e. The normalized spacial score (nSPS) is 39.0. The first-order valence-corrected chi connectivity index (χ1v) is 4.14. The van der Waals surface area contributed by atoms with Crippen molar-refractivity contribution < 1.29 is 14.3 Å². The summed E-state index contributed by atoms with van der Waals surface area (Å²) in [6, 6.07) is 0. The fourth-order valence-electron chi connectivity index (χ4n) is 1.83. The van der Waals surface area contributed by atoms with Crippen LogP contribution in [0.5, 0.6) is 0 Å². The summed E-state index contributed by atoms with van der Waals surface area (Å²) in [6.45, 7) is 0. The lowest BCUT2D eigenvalue weighted by Crippen LogP contribution is -2.36. The van der Waals surface area contributed by atoms with Crippen molar-refractivity contribution in [3.05, 3.63) is 12.3 Å². The maximum absolute atomic E-state index is 11.5. The van der Waals surface area contributed by atoms with Gasteiger partial charge in [0.15, 0.2) is 5.78 Å². The van der Waals surface area contributed by atoms with E-state index < -0.39 is 5.92 Å². The molecule has 0 amide bonds. The Bertz CT molecular complexity index is 244. The maximum Gasteiger partial charge on any atom is 0.153 e. The van der Waals surface area contributed by atoms with E-state index in [1.807, 2.05) is 0 Å².